The second kappa shape index (κ2) is 12.5. The molecule has 1 fully saturated rings. The predicted octanol–water partition coefficient (Wildman–Crippen LogP) is 2.69. The molecule has 0 aliphatic carbocycles. The molecule has 0 spiro atoms. The van der Waals surface area contributed by atoms with Gasteiger partial charge in [-0.05, 0) is 35.6 Å². The molecule has 1 aliphatic heterocycles. The molecule has 0 bridgehead atoms. The third-order valence-corrected chi connectivity index (χ3v) is 5.51. The lowest BCUT2D eigenvalue weighted by Gasteiger charge is -2.15. The molecule has 2 heterocycles. The number of benzene rings is 1. The molecule has 0 unspecified atom stereocenters. The highest BCUT2D eigenvalue weighted by molar-refractivity contribution is 14.0. The van der Waals surface area contributed by atoms with Crippen molar-refractivity contribution in [2.24, 2.45) is 4.99 Å². The Hall–Kier alpha value is -2.34. The summed E-state index contributed by atoms with van der Waals surface area (Å²) in [7, 11) is 3.45. The molecule has 10 heteroatoms. The van der Waals surface area contributed by atoms with Crippen molar-refractivity contribution in [3.05, 3.63) is 52.2 Å². The summed E-state index contributed by atoms with van der Waals surface area (Å²) in [5.41, 5.74) is 1.82. The van der Waals surface area contributed by atoms with Gasteiger partial charge < -0.3 is 20.3 Å². The van der Waals surface area contributed by atoms with E-state index in [1.165, 1.54) is 4.88 Å². The zero-order valence-corrected chi connectivity index (χ0v) is 20.8. The fourth-order valence-electron chi connectivity index (χ4n) is 2.83. The number of likely N-dealkylation sites (N-methyl/N-ethyl adjacent to an activating group) is 1. The Kier molecular flexibility index (Phi) is 10.0. The normalized spacial score (nSPS) is 13.4. The highest BCUT2D eigenvalue weighted by Gasteiger charge is 2.23. The number of nitrogens with zero attached hydrogens (tertiary/aromatic N) is 3. The molecule has 0 atom stereocenters. The van der Waals surface area contributed by atoms with Crippen LogP contribution in [0.15, 0.2) is 46.8 Å². The van der Waals surface area contributed by atoms with Crippen LogP contribution in [0, 0.1) is 0 Å². The largest absolute Gasteiger partial charge is 0.447 e. The van der Waals surface area contributed by atoms with Gasteiger partial charge in [0.15, 0.2) is 5.96 Å². The number of rotatable bonds is 8. The van der Waals surface area contributed by atoms with Crippen molar-refractivity contribution >= 4 is 59.0 Å². The van der Waals surface area contributed by atoms with E-state index in [0.717, 1.165) is 24.2 Å². The third kappa shape index (κ3) is 7.69. The van der Waals surface area contributed by atoms with Gasteiger partial charge in [-0.2, -0.15) is 0 Å². The predicted molar refractivity (Wildman–Crippen MR) is 134 cm³/mol. The lowest BCUT2D eigenvalue weighted by atomic mass is 10.2. The van der Waals surface area contributed by atoms with Gasteiger partial charge in [0, 0.05) is 31.2 Å². The lowest BCUT2D eigenvalue weighted by molar-refractivity contribution is -0.127. The standard InChI is InChI=1S/C21H27N5O3S.HI/c1-25(2)19(27)15-24-20(22-10-9-18-4-3-13-30-18)23-14-16-5-7-17(8-6-16)26-11-12-29-21(26)28;/h3-8,13H,9-12,14-15H2,1-2H3,(H2,22,23,24);1H. The van der Waals surface area contributed by atoms with Gasteiger partial charge in [0.25, 0.3) is 0 Å². The van der Waals surface area contributed by atoms with E-state index in [1.54, 1.807) is 35.2 Å². The van der Waals surface area contributed by atoms with Gasteiger partial charge >= 0.3 is 6.09 Å². The number of ether oxygens (including phenoxy) is 1. The number of carbonyl (C=O) groups is 2. The van der Waals surface area contributed by atoms with Crippen LogP contribution in [0.2, 0.25) is 0 Å². The smallest absolute Gasteiger partial charge is 0.414 e. The Balaban J connectivity index is 0.00000341. The monoisotopic (exact) mass is 557 g/mol. The second-order valence-corrected chi connectivity index (χ2v) is 8.03. The van der Waals surface area contributed by atoms with Crippen molar-refractivity contribution in [3.63, 3.8) is 0 Å². The Morgan fingerprint density at radius 1 is 1.23 bits per heavy atom. The summed E-state index contributed by atoms with van der Waals surface area (Å²) < 4.78 is 4.97. The first-order chi connectivity index (χ1) is 14.5. The minimum Gasteiger partial charge on any atom is -0.447 e. The highest BCUT2D eigenvalue weighted by Crippen LogP contribution is 2.19. The van der Waals surface area contributed by atoms with Crippen molar-refractivity contribution in [2.45, 2.75) is 13.0 Å². The molecule has 0 radical (unpaired) electrons. The van der Waals surface area contributed by atoms with Gasteiger partial charge in [-0.3, -0.25) is 9.69 Å². The zero-order valence-electron chi connectivity index (χ0n) is 17.7. The van der Waals surface area contributed by atoms with Crippen molar-refractivity contribution in [2.75, 3.05) is 45.2 Å². The molecule has 0 saturated carbocycles. The Labute approximate surface area is 203 Å². The summed E-state index contributed by atoms with van der Waals surface area (Å²) in [6, 6.07) is 11.8. The van der Waals surface area contributed by atoms with Crippen LogP contribution >= 0.6 is 35.3 Å². The lowest BCUT2D eigenvalue weighted by Crippen LogP contribution is -2.43. The van der Waals surface area contributed by atoms with Crippen molar-refractivity contribution < 1.29 is 14.3 Å². The van der Waals surface area contributed by atoms with E-state index in [9.17, 15) is 9.59 Å². The molecular formula is C21H28IN5O3S. The number of thiophene rings is 1. The van der Waals surface area contributed by atoms with Crippen LogP contribution in [0.1, 0.15) is 10.4 Å². The van der Waals surface area contributed by atoms with E-state index in [2.05, 4.69) is 27.1 Å². The number of nitrogens with one attached hydrogen (secondary N) is 2. The number of amides is 2. The van der Waals surface area contributed by atoms with Crippen LogP contribution in [0.5, 0.6) is 0 Å². The fraction of sp³-hybridized carbons (Fsp3) is 0.381. The molecule has 1 aliphatic rings. The number of hydrogen-bond acceptors (Lipinski definition) is 5. The average Bonchev–Trinajstić information content (AvgIpc) is 3.41. The minimum atomic E-state index is -0.312. The minimum absolute atomic E-state index is 0. The number of hydrogen-bond donors (Lipinski definition) is 2. The van der Waals surface area contributed by atoms with E-state index in [0.29, 0.717) is 25.7 Å². The van der Waals surface area contributed by atoms with Gasteiger partial charge in [0.2, 0.25) is 5.91 Å². The first-order valence-corrected chi connectivity index (χ1v) is 10.7. The Bertz CT molecular complexity index is 872. The van der Waals surface area contributed by atoms with E-state index < -0.39 is 0 Å². The summed E-state index contributed by atoms with van der Waals surface area (Å²) in [5, 5.41) is 8.44. The summed E-state index contributed by atoms with van der Waals surface area (Å²) >= 11 is 1.72. The Morgan fingerprint density at radius 3 is 2.61 bits per heavy atom. The average molecular weight is 557 g/mol. The van der Waals surface area contributed by atoms with Crippen molar-refractivity contribution in [1.29, 1.82) is 0 Å². The first-order valence-electron chi connectivity index (χ1n) is 9.81. The van der Waals surface area contributed by atoms with E-state index in [1.807, 2.05) is 30.3 Å². The molecule has 3 rings (SSSR count). The first kappa shape index (κ1) is 24.9. The fourth-order valence-corrected chi connectivity index (χ4v) is 3.54. The molecule has 2 amide bonds. The molecular weight excluding hydrogens is 529 g/mol. The van der Waals surface area contributed by atoms with Gasteiger partial charge in [0.1, 0.15) is 6.61 Å². The van der Waals surface area contributed by atoms with Gasteiger partial charge in [-0.25, -0.2) is 9.79 Å². The summed E-state index contributed by atoms with van der Waals surface area (Å²) in [5.74, 6) is 0.568. The van der Waals surface area contributed by atoms with E-state index in [-0.39, 0.29) is 42.5 Å². The van der Waals surface area contributed by atoms with Crippen LogP contribution in [0.4, 0.5) is 10.5 Å². The van der Waals surface area contributed by atoms with Crippen LogP contribution < -0.4 is 15.5 Å². The maximum atomic E-state index is 11.9. The molecule has 1 saturated heterocycles. The zero-order chi connectivity index (χ0) is 21.3. The topological polar surface area (TPSA) is 86.3 Å². The molecule has 2 aromatic rings. The summed E-state index contributed by atoms with van der Waals surface area (Å²) in [6.07, 6.45) is 0.577. The summed E-state index contributed by atoms with van der Waals surface area (Å²) in [6.45, 7) is 2.34. The molecule has 1 aromatic heterocycles. The maximum Gasteiger partial charge on any atom is 0.414 e. The van der Waals surface area contributed by atoms with E-state index in [4.69, 9.17) is 4.74 Å². The third-order valence-electron chi connectivity index (χ3n) is 4.58. The number of guanidine groups is 1. The number of cyclic esters (lactones) is 1. The number of carbonyl (C=O) groups excluding carboxylic acids is 2. The van der Waals surface area contributed by atoms with E-state index >= 15 is 0 Å². The molecule has 8 nitrogen and oxygen atoms in total. The maximum absolute atomic E-state index is 11.9. The van der Waals surface area contributed by atoms with Gasteiger partial charge in [-0.15, -0.1) is 35.3 Å². The summed E-state index contributed by atoms with van der Waals surface area (Å²) in [4.78, 5) is 32.6. The molecule has 1 aromatic carbocycles. The Morgan fingerprint density at radius 2 is 2.00 bits per heavy atom. The van der Waals surface area contributed by atoms with Crippen LogP contribution in [0.3, 0.4) is 0 Å². The number of anilines is 1. The second-order valence-electron chi connectivity index (χ2n) is 7.00. The van der Waals surface area contributed by atoms with Gasteiger partial charge in [-0.1, -0.05) is 18.2 Å². The van der Waals surface area contributed by atoms with Crippen molar-refractivity contribution in [1.82, 2.24) is 15.5 Å². The number of aliphatic imine (C=N–C) groups is 1. The highest BCUT2D eigenvalue weighted by atomic mass is 127. The molecule has 31 heavy (non-hydrogen) atoms. The van der Waals surface area contributed by atoms with Crippen molar-refractivity contribution in [3.8, 4) is 0 Å². The van der Waals surface area contributed by atoms with Crippen LogP contribution in [-0.4, -0.2) is 63.2 Å². The number of halogens is 1. The van der Waals surface area contributed by atoms with Crippen LogP contribution in [0.25, 0.3) is 0 Å². The molecule has 2 N–H and O–H groups in total. The molecule has 168 valence electrons. The van der Waals surface area contributed by atoms with Gasteiger partial charge in [0.05, 0.1) is 19.6 Å². The SMILES string of the molecule is CN(C)C(=O)CNC(=NCc1ccc(N2CCOC2=O)cc1)NCCc1cccs1.I. The quantitative estimate of drug-likeness (QED) is 0.296. The van der Waals surface area contributed by atoms with Crippen LogP contribution in [-0.2, 0) is 22.5 Å².